The molecule has 1 aromatic heterocycles. The number of aromatic hydroxyl groups is 1. The fraction of sp³-hybridized carbons (Fsp3) is 0.143. The van der Waals surface area contributed by atoms with Crippen molar-refractivity contribution < 1.29 is 9.90 Å². The lowest BCUT2D eigenvalue weighted by molar-refractivity contribution is 0.0957. The first-order valence-electron chi connectivity index (χ1n) is 8.22. The fourth-order valence-electron chi connectivity index (χ4n) is 2.38. The largest absolute Gasteiger partial charge is 0.508 e. The minimum Gasteiger partial charge on any atom is -0.508 e. The molecule has 2 aromatic carbocycles. The van der Waals surface area contributed by atoms with Gasteiger partial charge in [0.1, 0.15) is 10.6 Å². The Morgan fingerprint density at radius 1 is 1.12 bits per heavy atom. The molecule has 0 radical (unpaired) electrons. The van der Waals surface area contributed by atoms with E-state index in [9.17, 15) is 9.90 Å². The van der Waals surface area contributed by atoms with Crippen LogP contribution in [0.1, 0.15) is 31.5 Å². The van der Waals surface area contributed by atoms with E-state index < -0.39 is 0 Å². The van der Waals surface area contributed by atoms with E-state index >= 15 is 0 Å². The molecule has 0 spiro atoms. The van der Waals surface area contributed by atoms with Crippen LogP contribution in [0, 0.1) is 18.8 Å². The molecular weight excluding hydrogens is 344 g/mol. The minimum atomic E-state index is -0.117. The molecule has 3 aromatic rings. The summed E-state index contributed by atoms with van der Waals surface area (Å²) in [4.78, 5) is 17.3. The molecule has 0 bridgehead atoms. The zero-order valence-corrected chi connectivity index (χ0v) is 15.1. The summed E-state index contributed by atoms with van der Waals surface area (Å²) >= 11 is 1.29. The average Bonchev–Trinajstić information content (AvgIpc) is 3.03. The summed E-state index contributed by atoms with van der Waals surface area (Å²) in [5.74, 6) is 6.05. The molecule has 0 aliphatic carbocycles. The lowest BCUT2D eigenvalue weighted by Crippen LogP contribution is -2.25. The van der Waals surface area contributed by atoms with Gasteiger partial charge in [-0.3, -0.25) is 4.79 Å². The van der Waals surface area contributed by atoms with Gasteiger partial charge in [-0.05, 0) is 49.1 Å². The van der Waals surface area contributed by atoms with Crippen LogP contribution in [0.4, 0.5) is 0 Å². The van der Waals surface area contributed by atoms with Gasteiger partial charge in [0.25, 0.3) is 5.91 Å². The predicted octanol–water partition coefficient (Wildman–Crippen LogP) is 3.53. The van der Waals surface area contributed by atoms with Crippen LogP contribution in [0.5, 0.6) is 5.75 Å². The Hall–Kier alpha value is -3.10. The summed E-state index contributed by atoms with van der Waals surface area (Å²) in [6, 6.07) is 16.7. The molecule has 2 N–H and O–H groups in total. The van der Waals surface area contributed by atoms with Crippen molar-refractivity contribution in [3.05, 3.63) is 81.3 Å². The lowest BCUT2D eigenvalue weighted by Gasteiger charge is -2.04. The molecule has 0 fully saturated rings. The summed E-state index contributed by atoms with van der Waals surface area (Å²) in [6.45, 7) is 2.39. The molecule has 0 saturated heterocycles. The molecule has 5 heteroatoms. The summed E-state index contributed by atoms with van der Waals surface area (Å²) in [5, 5.41) is 12.8. The van der Waals surface area contributed by atoms with Gasteiger partial charge in [0.15, 0.2) is 5.01 Å². The topological polar surface area (TPSA) is 62.2 Å². The second-order valence-corrected chi connectivity index (χ2v) is 6.72. The third kappa shape index (κ3) is 4.71. The Labute approximate surface area is 156 Å². The fourth-order valence-corrected chi connectivity index (χ4v) is 3.21. The van der Waals surface area contributed by atoms with Crippen LogP contribution in [0.25, 0.3) is 0 Å². The third-order valence-electron chi connectivity index (χ3n) is 3.73. The maximum atomic E-state index is 12.4. The Balaban J connectivity index is 1.62. The average molecular weight is 362 g/mol. The quantitative estimate of drug-likeness (QED) is 0.698. The van der Waals surface area contributed by atoms with E-state index in [1.165, 1.54) is 16.9 Å². The van der Waals surface area contributed by atoms with Crippen LogP contribution in [0.15, 0.2) is 54.6 Å². The van der Waals surface area contributed by atoms with Gasteiger partial charge in [-0.2, -0.15) is 0 Å². The SMILES string of the molecule is Cc1nc(C#Cc2ccc(O)cc2)sc1C(=O)NCCc1ccccc1. The molecule has 1 amide bonds. The number of phenols is 1. The van der Waals surface area contributed by atoms with E-state index in [0.717, 1.165) is 12.0 Å². The summed E-state index contributed by atoms with van der Waals surface area (Å²) in [7, 11) is 0. The van der Waals surface area contributed by atoms with Crippen molar-refractivity contribution in [2.45, 2.75) is 13.3 Å². The van der Waals surface area contributed by atoms with Crippen LogP contribution < -0.4 is 5.32 Å². The Kier molecular flexibility index (Phi) is 5.67. The van der Waals surface area contributed by atoms with E-state index in [0.29, 0.717) is 22.1 Å². The van der Waals surface area contributed by atoms with E-state index in [-0.39, 0.29) is 11.7 Å². The van der Waals surface area contributed by atoms with Gasteiger partial charge in [-0.1, -0.05) is 36.3 Å². The molecule has 0 unspecified atom stereocenters. The number of benzene rings is 2. The van der Waals surface area contributed by atoms with Gasteiger partial charge < -0.3 is 10.4 Å². The van der Waals surface area contributed by atoms with Crippen molar-refractivity contribution in [1.29, 1.82) is 0 Å². The van der Waals surface area contributed by atoms with Gasteiger partial charge in [0.05, 0.1) is 5.69 Å². The van der Waals surface area contributed by atoms with E-state index in [2.05, 4.69) is 22.1 Å². The highest BCUT2D eigenvalue weighted by atomic mass is 32.1. The van der Waals surface area contributed by atoms with Crippen molar-refractivity contribution in [2.75, 3.05) is 6.54 Å². The van der Waals surface area contributed by atoms with Crippen LogP contribution in [-0.2, 0) is 6.42 Å². The lowest BCUT2D eigenvalue weighted by atomic mass is 10.1. The summed E-state index contributed by atoms with van der Waals surface area (Å²) in [6.07, 6.45) is 0.790. The van der Waals surface area contributed by atoms with Crippen LogP contribution in [0.2, 0.25) is 0 Å². The van der Waals surface area contributed by atoms with Crippen LogP contribution >= 0.6 is 11.3 Å². The Morgan fingerprint density at radius 2 is 1.85 bits per heavy atom. The monoisotopic (exact) mass is 362 g/mol. The van der Waals surface area contributed by atoms with E-state index in [1.807, 2.05) is 37.3 Å². The van der Waals surface area contributed by atoms with Crippen molar-refractivity contribution in [1.82, 2.24) is 10.3 Å². The van der Waals surface area contributed by atoms with Gasteiger partial charge in [-0.15, -0.1) is 11.3 Å². The molecular formula is C21H18N2O2S. The number of hydrogen-bond donors (Lipinski definition) is 2. The van der Waals surface area contributed by atoms with Crippen LogP contribution in [-0.4, -0.2) is 22.5 Å². The maximum Gasteiger partial charge on any atom is 0.263 e. The highest BCUT2D eigenvalue weighted by Gasteiger charge is 2.14. The number of carbonyl (C=O) groups excluding carboxylic acids is 1. The Morgan fingerprint density at radius 3 is 2.58 bits per heavy atom. The second kappa shape index (κ2) is 8.32. The van der Waals surface area contributed by atoms with Gasteiger partial charge in [0.2, 0.25) is 0 Å². The molecule has 1 heterocycles. The van der Waals surface area contributed by atoms with Gasteiger partial charge in [-0.25, -0.2) is 4.98 Å². The molecule has 130 valence electrons. The number of nitrogens with zero attached hydrogens (tertiary/aromatic N) is 1. The standard InChI is InChI=1S/C21H18N2O2S/c1-15-20(21(25)22-14-13-16-5-3-2-4-6-16)26-19(23-15)12-9-17-7-10-18(24)11-8-17/h2-8,10-11,24H,13-14H2,1H3,(H,22,25). The first-order valence-corrected chi connectivity index (χ1v) is 9.04. The predicted molar refractivity (Wildman–Crippen MR) is 103 cm³/mol. The normalized spacial score (nSPS) is 10.0. The zero-order valence-electron chi connectivity index (χ0n) is 14.3. The first-order chi connectivity index (χ1) is 12.6. The summed E-state index contributed by atoms with van der Waals surface area (Å²) < 4.78 is 0. The van der Waals surface area contributed by atoms with E-state index in [4.69, 9.17) is 0 Å². The third-order valence-corrected chi connectivity index (χ3v) is 4.80. The maximum absolute atomic E-state index is 12.4. The smallest absolute Gasteiger partial charge is 0.263 e. The molecule has 3 rings (SSSR count). The first kappa shape index (κ1) is 17.7. The molecule has 0 aliphatic heterocycles. The van der Waals surface area contributed by atoms with Crippen molar-refractivity contribution >= 4 is 17.2 Å². The highest BCUT2D eigenvalue weighted by Crippen LogP contribution is 2.17. The number of nitrogens with one attached hydrogen (secondary N) is 1. The number of aryl methyl sites for hydroxylation is 1. The number of hydrogen-bond acceptors (Lipinski definition) is 4. The van der Waals surface area contributed by atoms with Gasteiger partial charge >= 0.3 is 0 Å². The molecule has 0 atom stereocenters. The number of amides is 1. The van der Waals surface area contributed by atoms with Crippen molar-refractivity contribution in [2.24, 2.45) is 0 Å². The van der Waals surface area contributed by atoms with Crippen molar-refractivity contribution in [3.8, 4) is 17.6 Å². The van der Waals surface area contributed by atoms with Crippen molar-refractivity contribution in [3.63, 3.8) is 0 Å². The zero-order chi connectivity index (χ0) is 18.4. The molecule has 26 heavy (non-hydrogen) atoms. The van der Waals surface area contributed by atoms with Crippen LogP contribution in [0.3, 0.4) is 0 Å². The number of aromatic nitrogens is 1. The number of phenolic OH excluding ortho intramolecular Hbond substituents is 1. The molecule has 0 aliphatic rings. The Bertz CT molecular complexity index is 951. The number of carbonyl (C=O) groups is 1. The number of rotatable bonds is 4. The van der Waals surface area contributed by atoms with Gasteiger partial charge in [0, 0.05) is 12.1 Å². The highest BCUT2D eigenvalue weighted by molar-refractivity contribution is 7.14. The van der Waals surface area contributed by atoms with E-state index in [1.54, 1.807) is 24.3 Å². The summed E-state index contributed by atoms with van der Waals surface area (Å²) in [5.41, 5.74) is 2.65. The minimum absolute atomic E-state index is 0.117. The number of thiazole rings is 1. The molecule has 0 saturated carbocycles. The second-order valence-electron chi connectivity index (χ2n) is 5.72. The molecule has 4 nitrogen and oxygen atoms in total.